The van der Waals surface area contributed by atoms with Gasteiger partial charge in [-0.1, -0.05) is 60.7 Å². The highest BCUT2D eigenvalue weighted by Gasteiger charge is 2.18. The van der Waals surface area contributed by atoms with E-state index in [0.29, 0.717) is 17.7 Å². The van der Waals surface area contributed by atoms with Gasteiger partial charge in [-0.25, -0.2) is 0 Å². The molecular formula is C25H25N2O2+. The van der Waals surface area contributed by atoms with Crippen molar-refractivity contribution in [2.45, 2.75) is 13.1 Å². The summed E-state index contributed by atoms with van der Waals surface area (Å²) in [5.41, 5.74) is 4.84. The Morgan fingerprint density at radius 1 is 0.897 bits per heavy atom. The number of aromatic nitrogens is 1. The van der Waals surface area contributed by atoms with E-state index in [0.717, 1.165) is 28.9 Å². The highest BCUT2D eigenvalue weighted by atomic mass is 16.5. The number of ether oxygens (including phenoxy) is 1. The average Bonchev–Trinajstić information content (AvgIpc) is 2.76. The lowest BCUT2D eigenvalue weighted by Gasteiger charge is -2.17. The van der Waals surface area contributed by atoms with Crippen molar-refractivity contribution in [1.82, 2.24) is 4.98 Å². The van der Waals surface area contributed by atoms with Crippen LogP contribution in [0.2, 0.25) is 0 Å². The molecule has 0 saturated heterocycles. The largest absolute Gasteiger partial charge is 0.497 e. The summed E-state index contributed by atoms with van der Waals surface area (Å²) in [6.07, 6.45) is 0. The van der Waals surface area contributed by atoms with Gasteiger partial charge < -0.3 is 14.6 Å². The zero-order valence-corrected chi connectivity index (χ0v) is 16.7. The van der Waals surface area contributed by atoms with Gasteiger partial charge in [-0.3, -0.25) is 4.79 Å². The molecule has 4 heteroatoms. The van der Waals surface area contributed by atoms with Crippen LogP contribution in [0.4, 0.5) is 0 Å². The molecule has 0 bridgehead atoms. The van der Waals surface area contributed by atoms with E-state index in [1.807, 2.05) is 66.7 Å². The number of hydrogen-bond donors (Lipinski definition) is 2. The van der Waals surface area contributed by atoms with Crippen molar-refractivity contribution < 1.29 is 9.64 Å². The molecule has 0 radical (unpaired) electrons. The van der Waals surface area contributed by atoms with Gasteiger partial charge in [-0.2, -0.15) is 0 Å². The van der Waals surface area contributed by atoms with Gasteiger partial charge in [0.2, 0.25) is 0 Å². The number of nitrogens with one attached hydrogen (secondary N) is 2. The second kappa shape index (κ2) is 8.33. The summed E-state index contributed by atoms with van der Waals surface area (Å²) < 4.78 is 5.33. The fourth-order valence-electron chi connectivity index (χ4n) is 3.76. The number of pyridine rings is 1. The van der Waals surface area contributed by atoms with E-state index in [1.165, 1.54) is 10.5 Å². The van der Waals surface area contributed by atoms with Crippen LogP contribution in [0.25, 0.3) is 22.2 Å². The van der Waals surface area contributed by atoms with Gasteiger partial charge in [0.25, 0.3) is 0 Å². The van der Waals surface area contributed by atoms with Crippen molar-refractivity contribution in [3.63, 3.8) is 0 Å². The Labute approximate surface area is 170 Å². The van der Waals surface area contributed by atoms with Crippen LogP contribution in [0.3, 0.4) is 0 Å². The Hall–Kier alpha value is -3.37. The predicted octanol–water partition coefficient (Wildman–Crippen LogP) is 3.42. The second-order valence-electron chi connectivity index (χ2n) is 7.38. The van der Waals surface area contributed by atoms with E-state index in [2.05, 4.69) is 24.2 Å². The summed E-state index contributed by atoms with van der Waals surface area (Å²) in [5, 5.41) is 0.659. The Morgan fingerprint density at radius 2 is 1.59 bits per heavy atom. The van der Waals surface area contributed by atoms with Crippen molar-refractivity contribution in [3.8, 4) is 17.0 Å². The molecule has 0 aliphatic heterocycles. The van der Waals surface area contributed by atoms with Gasteiger partial charge in [0.15, 0.2) is 5.43 Å². The molecule has 4 rings (SSSR count). The zero-order valence-electron chi connectivity index (χ0n) is 16.7. The van der Waals surface area contributed by atoms with Crippen molar-refractivity contribution in [2.75, 3.05) is 14.2 Å². The van der Waals surface area contributed by atoms with Crippen molar-refractivity contribution in [2.24, 2.45) is 0 Å². The lowest BCUT2D eigenvalue weighted by atomic mass is 10.0. The van der Waals surface area contributed by atoms with Gasteiger partial charge in [0, 0.05) is 10.9 Å². The normalized spacial score (nSPS) is 12.1. The number of fused-ring (bicyclic) bond motifs is 1. The van der Waals surface area contributed by atoms with E-state index >= 15 is 0 Å². The molecule has 0 saturated carbocycles. The van der Waals surface area contributed by atoms with Crippen LogP contribution < -0.4 is 15.1 Å². The molecule has 1 atom stereocenters. The maximum atomic E-state index is 13.5. The molecule has 4 nitrogen and oxygen atoms in total. The van der Waals surface area contributed by atoms with E-state index in [1.54, 1.807) is 7.11 Å². The van der Waals surface area contributed by atoms with Crippen LogP contribution in [0, 0.1) is 0 Å². The number of methoxy groups -OCH3 is 1. The number of hydrogen-bond acceptors (Lipinski definition) is 2. The van der Waals surface area contributed by atoms with Gasteiger partial charge in [-0.05, 0) is 23.8 Å². The van der Waals surface area contributed by atoms with Crippen LogP contribution in [0.1, 0.15) is 11.1 Å². The molecular weight excluding hydrogens is 360 g/mol. The summed E-state index contributed by atoms with van der Waals surface area (Å²) >= 11 is 0. The maximum absolute atomic E-state index is 13.5. The Morgan fingerprint density at radius 3 is 2.28 bits per heavy atom. The molecule has 1 unspecified atom stereocenters. The molecule has 3 aromatic carbocycles. The summed E-state index contributed by atoms with van der Waals surface area (Å²) in [7, 11) is 3.74. The minimum atomic E-state index is 0.0592. The van der Waals surface area contributed by atoms with Crippen molar-refractivity contribution in [3.05, 3.63) is 100 Å². The molecule has 0 amide bonds. The van der Waals surface area contributed by atoms with Crippen LogP contribution >= 0.6 is 0 Å². The first-order valence-corrected chi connectivity index (χ1v) is 9.79. The summed E-state index contributed by atoms with van der Waals surface area (Å²) in [4.78, 5) is 18.2. The smallest absolute Gasteiger partial charge is 0.199 e. The molecule has 4 aromatic rings. The van der Waals surface area contributed by atoms with E-state index in [4.69, 9.17) is 4.74 Å². The summed E-state index contributed by atoms with van der Waals surface area (Å²) in [6.45, 7) is 1.48. The molecule has 0 aliphatic rings. The highest BCUT2D eigenvalue weighted by Crippen LogP contribution is 2.24. The minimum Gasteiger partial charge on any atom is -0.497 e. The zero-order chi connectivity index (χ0) is 20.2. The minimum absolute atomic E-state index is 0.0592. The molecule has 0 fully saturated rings. The standard InChI is InChI=1S/C25H24N2O2/c1-27(16-18-9-5-3-6-10-18)17-22-24(19-11-7-4-8-12-19)26-23-14-13-20(29-2)15-21(23)25(22)28/h3-15H,16-17H2,1-2H3,(H,26,28)/p+1. The quantitative estimate of drug-likeness (QED) is 0.534. The number of rotatable bonds is 6. The first-order chi connectivity index (χ1) is 14.2. The average molecular weight is 385 g/mol. The second-order valence-corrected chi connectivity index (χ2v) is 7.38. The van der Waals surface area contributed by atoms with Gasteiger partial charge in [0.1, 0.15) is 18.8 Å². The van der Waals surface area contributed by atoms with E-state index in [-0.39, 0.29) is 5.43 Å². The number of H-pyrrole nitrogens is 1. The first kappa shape index (κ1) is 19.0. The first-order valence-electron chi connectivity index (χ1n) is 9.79. The van der Waals surface area contributed by atoms with Crippen LogP contribution in [-0.4, -0.2) is 19.1 Å². The lowest BCUT2D eigenvalue weighted by molar-refractivity contribution is -0.907. The summed E-state index contributed by atoms with van der Waals surface area (Å²) in [6, 6.07) is 26.0. The topological polar surface area (TPSA) is 46.5 Å². The third-order valence-corrected chi connectivity index (χ3v) is 5.20. The van der Waals surface area contributed by atoms with Crippen LogP contribution in [0.15, 0.2) is 83.7 Å². The lowest BCUT2D eigenvalue weighted by Crippen LogP contribution is -3.06. The van der Waals surface area contributed by atoms with Crippen LogP contribution in [-0.2, 0) is 13.1 Å². The highest BCUT2D eigenvalue weighted by molar-refractivity contribution is 5.84. The number of benzene rings is 3. The Bertz CT molecular complexity index is 1170. The van der Waals surface area contributed by atoms with Crippen molar-refractivity contribution in [1.29, 1.82) is 0 Å². The summed E-state index contributed by atoms with van der Waals surface area (Å²) in [5.74, 6) is 0.686. The molecule has 0 aliphatic carbocycles. The molecule has 0 spiro atoms. The van der Waals surface area contributed by atoms with Gasteiger partial charge >= 0.3 is 0 Å². The van der Waals surface area contributed by atoms with Crippen LogP contribution in [0.5, 0.6) is 5.75 Å². The Balaban J connectivity index is 1.81. The van der Waals surface area contributed by atoms with E-state index < -0.39 is 0 Å². The van der Waals surface area contributed by atoms with Gasteiger partial charge in [-0.15, -0.1) is 0 Å². The maximum Gasteiger partial charge on any atom is 0.199 e. The number of quaternary nitrogens is 1. The molecule has 1 aromatic heterocycles. The Kier molecular flexibility index (Phi) is 5.45. The van der Waals surface area contributed by atoms with Crippen molar-refractivity contribution >= 4 is 10.9 Å². The molecule has 29 heavy (non-hydrogen) atoms. The van der Waals surface area contributed by atoms with E-state index in [9.17, 15) is 4.79 Å². The molecule has 146 valence electrons. The fraction of sp³-hybridized carbons (Fsp3) is 0.160. The monoisotopic (exact) mass is 385 g/mol. The van der Waals surface area contributed by atoms with Gasteiger partial charge in [0.05, 0.1) is 30.9 Å². The SMILES string of the molecule is COc1ccc2[nH]c(-c3ccccc3)c(C[NH+](C)Cc3ccccc3)c(=O)c2c1. The molecule has 1 heterocycles. The fourth-order valence-corrected chi connectivity index (χ4v) is 3.76. The predicted molar refractivity (Wildman–Crippen MR) is 117 cm³/mol. The third-order valence-electron chi connectivity index (χ3n) is 5.20. The third kappa shape index (κ3) is 4.08. The number of aromatic amines is 1. The molecule has 2 N–H and O–H groups in total.